The van der Waals surface area contributed by atoms with Crippen LogP contribution in [-0.2, 0) is 10.0 Å². The maximum atomic E-state index is 13.0. The van der Waals surface area contributed by atoms with Crippen molar-refractivity contribution in [1.29, 1.82) is 5.26 Å². The highest BCUT2D eigenvalue weighted by atomic mass is 32.2. The Kier molecular flexibility index (Phi) is 4.50. The van der Waals surface area contributed by atoms with Crippen molar-refractivity contribution in [3.8, 4) is 6.07 Å². The molecule has 0 aliphatic carbocycles. The van der Waals surface area contributed by atoms with Gasteiger partial charge in [0.2, 0.25) is 10.0 Å². The summed E-state index contributed by atoms with van der Waals surface area (Å²) in [6, 6.07) is 5.69. The van der Waals surface area contributed by atoms with Gasteiger partial charge < -0.3 is 5.32 Å². The van der Waals surface area contributed by atoms with Gasteiger partial charge in [0.05, 0.1) is 17.5 Å². The van der Waals surface area contributed by atoms with Gasteiger partial charge >= 0.3 is 0 Å². The topological polar surface area (TPSA) is 82.0 Å². The van der Waals surface area contributed by atoms with Gasteiger partial charge in [-0.05, 0) is 32.0 Å². The fourth-order valence-electron chi connectivity index (χ4n) is 1.62. The number of hydrogen-bond acceptors (Lipinski definition) is 4. The zero-order valence-corrected chi connectivity index (χ0v) is 11.8. The number of sulfonamides is 1. The second-order valence-corrected chi connectivity index (χ2v) is 6.66. The number of nitrogens with one attached hydrogen (secondary N) is 2. The highest BCUT2D eigenvalue weighted by Crippen LogP contribution is 2.17. The fourth-order valence-corrected chi connectivity index (χ4v) is 2.69. The monoisotopic (exact) mass is 285 g/mol. The van der Waals surface area contributed by atoms with E-state index in [-0.39, 0.29) is 12.1 Å². The van der Waals surface area contributed by atoms with Gasteiger partial charge in [0, 0.05) is 12.1 Å². The molecule has 0 atom stereocenters. The molecule has 0 aliphatic rings. The zero-order chi connectivity index (χ0) is 14.7. The molecule has 2 N–H and O–H groups in total. The molecule has 0 bridgehead atoms. The SMILES string of the molecule is CC(C)(CNc1ccc(F)cc1C#N)NS(C)(=O)=O. The average Bonchev–Trinajstić information content (AvgIpc) is 2.24. The second-order valence-electron chi connectivity index (χ2n) is 4.91. The van der Waals surface area contributed by atoms with Crippen LogP contribution in [-0.4, -0.2) is 26.8 Å². The first-order valence-electron chi connectivity index (χ1n) is 5.55. The highest BCUT2D eigenvalue weighted by molar-refractivity contribution is 7.88. The summed E-state index contributed by atoms with van der Waals surface area (Å²) in [5.74, 6) is -0.490. The molecule has 0 unspecified atom stereocenters. The summed E-state index contributed by atoms with van der Waals surface area (Å²) >= 11 is 0. The Bertz CT molecular complexity index is 606. The molecule has 19 heavy (non-hydrogen) atoms. The lowest BCUT2D eigenvalue weighted by Gasteiger charge is -2.26. The van der Waals surface area contributed by atoms with Crippen LogP contribution in [0.4, 0.5) is 10.1 Å². The molecule has 0 fully saturated rings. The van der Waals surface area contributed by atoms with Crippen LogP contribution in [0.2, 0.25) is 0 Å². The molecule has 0 heterocycles. The van der Waals surface area contributed by atoms with E-state index in [1.807, 2.05) is 6.07 Å². The van der Waals surface area contributed by atoms with Gasteiger partial charge in [0.1, 0.15) is 11.9 Å². The zero-order valence-electron chi connectivity index (χ0n) is 11.0. The molecule has 104 valence electrons. The molecular formula is C12H16FN3O2S. The van der Waals surface area contributed by atoms with Crippen LogP contribution in [0.3, 0.4) is 0 Å². The molecular weight excluding hydrogens is 269 g/mol. The Balaban J connectivity index is 2.80. The lowest BCUT2D eigenvalue weighted by molar-refractivity contribution is 0.476. The van der Waals surface area contributed by atoms with E-state index in [1.165, 1.54) is 12.1 Å². The van der Waals surface area contributed by atoms with Crippen LogP contribution < -0.4 is 10.0 Å². The summed E-state index contributed by atoms with van der Waals surface area (Å²) in [5.41, 5.74) is -0.0863. The molecule has 0 spiro atoms. The standard InChI is InChI=1S/C12H16FN3O2S/c1-12(2,16-19(3,17)18)8-15-11-5-4-10(13)6-9(11)7-14/h4-6,15-16H,8H2,1-3H3. The Labute approximate surface area is 112 Å². The van der Waals surface area contributed by atoms with Crippen molar-refractivity contribution in [3.63, 3.8) is 0 Å². The first kappa shape index (κ1) is 15.4. The Morgan fingerprint density at radius 2 is 2.05 bits per heavy atom. The van der Waals surface area contributed by atoms with Gasteiger partial charge in [-0.15, -0.1) is 0 Å². The third-order valence-corrected chi connectivity index (χ3v) is 3.21. The number of halogens is 1. The number of nitriles is 1. The van der Waals surface area contributed by atoms with E-state index >= 15 is 0 Å². The van der Waals surface area contributed by atoms with Crippen molar-refractivity contribution in [1.82, 2.24) is 4.72 Å². The Morgan fingerprint density at radius 1 is 1.42 bits per heavy atom. The highest BCUT2D eigenvalue weighted by Gasteiger charge is 2.22. The summed E-state index contributed by atoms with van der Waals surface area (Å²) < 4.78 is 37.8. The summed E-state index contributed by atoms with van der Waals surface area (Å²) in [6.45, 7) is 3.67. The van der Waals surface area contributed by atoms with Crippen LogP contribution in [0.15, 0.2) is 18.2 Å². The number of anilines is 1. The van der Waals surface area contributed by atoms with Crippen LogP contribution in [0.1, 0.15) is 19.4 Å². The van der Waals surface area contributed by atoms with Gasteiger partial charge in [0.15, 0.2) is 0 Å². The van der Waals surface area contributed by atoms with Crippen molar-refractivity contribution in [2.75, 3.05) is 18.1 Å². The fraction of sp³-hybridized carbons (Fsp3) is 0.417. The summed E-state index contributed by atoms with van der Waals surface area (Å²) in [5, 5.41) is 11.8. The lowest BCUT2D eigenvalue weighted by Crippen LogP contribution is -2.47. The molecule has 0 radical (unpaired) electrons. The Morgan fingerprint density at radius 3 is 2.58 bits per heavy atom. The van der Waals surface area contributed by atoms with Crippen molar-refractivity contribution < 1.29 is 12.8 Å². The van der Waals surface area contributed by atoms with Gasteiger partial charge in [-0.2, -0.15) is 5.26 Å². The van der Waals surface area contributed by atoms with E-state index in [0.717, 1.165) is 12.3 Å². The predicted octanol–water partition coefficient (Wildman–Crippen LogP) is 1.44. The maximum absolute atomic E-state index is 13.0. The van der Waals surface area contributed by atoms with E-state index in [1.54, 1.807) is 13.8 Å². The average molecular weight is 285 g/mol. The van der Waals surface area contributed by atoms with Crippen molar-refractivity contribution >= 4 is 15.7 Å². The lowest BCUT2D eigenvalue weighted by atomic mass is 10.1. The molecule has 1 aromatic carbocycles. The minimum absolute atomic E-state index is 0.176. The van der Waals surface area contributed by atoms with Crippen LogP contribution in [0.5, 0.6) is 0 Å². The van der Waals surface area contributed by atoms with E-state index in [9.17, 15) is 12.8 Å². The van der Waals surface area contributed by atoms with Crippen molar-refractivity contribution in [2.24, 2.45) is 0 Å². The van der Waals surface area contributed by atoms with Gasteiger partial charge in [-0.3, -0.25) is 0 Å². The maximum Gasteiger partial charge on any atom is 0.209 e. The molecule has 1 aromatic rings. The van der Waals surface area contributed by atoms with E-state index in [0.29, 0.717) is 5.69 Å². The van der Waals surface area contributed by atoms with Crippen LogP contribution in [0.25, 0.3) is 0 Å². The summed E-state index contributed by atoms with van der Waals surface area (Å²) in [7, 11) is -3.32. The smallest absolute Gasteiger partial charge is 0.209 e. The quantitative estimate of drug-likeness (QED) is 0.857. The number of nitrogens with zero attached hydrogens (tertiary/aromatic N) is 1. The molecule has 0 saturated heterocycles. The minimum Gasteiger partial charge on any atom is -0.382 e. The van der Waals surface area contributed by atoms with E-state index in [4.69, 9.17) is 5.26 Å². The van der Waals surface area contributed by atoms with E-state index in [2.05, 4.69) is 10.0 Å². The second kappa shape index (κ2) is 5.55. The minimum atomic E-state index is -3.32. The summed E-state index contributed by atoms with van der Waals surface area (Å²) in [4.78, 5) is 0. The van der Waals surface area contributed by atoms with E-state index < -0.39 is 21.4 Å². The molecule has 1 rings (SSSR count). The van der Waals surface area contributed by atoms with Crippen molar-refractivity contribution in [2.45, 2.75) is 19.4 Å². The molecule has 0 aromatic heterocycles. The molecule has 0 saturated carbocycles. The van der Waals surface area contributed by atoms with Gasteiger partial charge in [0.25, 0.3) is 0 Å². The normalized spacial score (nSPS) is 11.9. The Hall–Kier alpha value is -1.65. The van der Waals surface area contributed by atoms with Gasteiger partial charge in [-0.1, -0.05) is 0 Å². The number of rotatable bonds is 5. The molecule has 0 aliphatic heterocycles. The van der Waals surface area contributed by atoms with Crippen molar-refractivity contribution in [3.05, 3.63) is 29.6 Å². The number of hydrogen-bond donors (Lipinski definition) is 2. The predicted molar refractivity (Wildman–Crippen MR) is 71.7 cm³/mol. The number of benzene rings is 1. The summed E-state index contributed by atoms with van der Waals surface area (Å²) in [6.07, 6.45) is 1.08. The first-order chi connectivity index (χ1) is 8.63. The third kappa shape index (κ3) is 5.24. The van der Waals surface area contributed by atoms with Crippen LogP contribution >= 0.6 is 0 Å². The molecule has 7 heteroatoms. The largest absolute Gasteiger partial charge is 0.382 e. The molecule has 0 amide bonds. The van der Waals surface area contributed by atoms with Gasteiger partial charge in [-0.25, -0.2) is 17.5 Å². The first-order valence-corrected chi connectivity index (χ1v) is 7.44. The molecule has 5 nitrogen and oxygen atoms in total. The third-order valence-electron chi connectivity index (χ3n) is 2.28. The van der Waals surface area contributed by atoms with Crippen LogP contribution in [0, 0.1) is 17.1 Å².